The third-order valence-corrected chi connectivity index (χ3v) is 6.38. The topological polar surface area (TPSA) is 152 Å². The molecule has 3 amide bonds. The van der Waals surface area contributed by atoms with Crippen molar-refractivity contribution in [2.45, 2.75) is 6.18 Å². The normalized spacial score (nSPS) is 14.1. The fourth-order valence-electron chi connectivity index (χ4n) is 4.41. The van der Waals surface area contributed by atoms with Gasteiger partial charge in [-0.05, 0) is 29.8 Å². The predicted octanol–water partition coefficient (Wildman–Crippen LogP) is 3.10. The highest BCUT2D eigenvalue weighted by Crippen LogP contribution is 2.33. The highest BCUT2D eigenvalue weighted by Gasteiger charge is 2.32. The number of nitrogens with zero attached hydrogens (tertiary/aromatic N) is 5. The summed E-state index contributed by atoms with van der Waals surface area (Å²) < 4.78 is 45.6. The Hall–Kier alpha value is -4.76. The summed E-state index contributed by atoms with van der Waals surface area (Å²) in [6.07, 6.45) is -1.77. The molecule has 0 radical (unpaired) electrons. The monoisotopic (exact) mass is 569 g/mol. The number of ether oxygens (including phenoxy) is 1. The average molecular weight is 570 g/mol. The van der Waals surface area contributed by atoms with Gasteiger partial charge in [0.15, 0.2) is 5.82 Å². The van der Waals surface area contributed by atoms with Crippen LogP contribution in [0.4, 0.5) is 35.3 Å². The van der Waals surface area contributed by atoms with E-state index in [-0.39, 0.29) is 17.5 Å². The highest BCUT2D eigenvalue weighted by molar-refractivity contribution is 6.07. The maximum absolute atomic E-state index is 13.2. The van der Waals surface area contributed by atoms with E-state index in [1.807, 2.05) is 0 Å². The molecular formula is C26H26F3N9O3. The number of nitrogens with two attached hydrogens (primary N) is 1. The predicted molar refractivity (Wildman–Crippen MR) is 144 cm³/mol. The minimum Gasteiger partial charge on any atom is -0.382 e. The molecule has 5 rings (SSSR count). The van der Waals surface area contributed by atoms with Gasteiger partial charge in [-0.1, -0.05) is 18.2 Å². The van der Waals surface area contributed by atoms with Gasteiger partial charge in [-0.2, -0.15) is 18.3 Å². The number of rotatable bonds is 7. The van der Waals surface area contributed by atoms with E-state index >= 15 is 0 Å². The van der Waals surface area contributed by atoms with Crippen molar-refractivity contribution in [2.75, 3.05) is 55.8 Å². The van der Waals surface area contributed by atoms with E-state index in [9.17, 15) is 22.8 Å². The lowest BCUT2D eigenvalue weighted by atomic mass is 10.0. The molecule has 0 spiro atoms. The second kappa shape index (κ2) is 11.8. The van der Waals surface area contributed by atoms with Crippen LogP contribution in [0.1, 0.15) is 16.1 Å². The van der Waals surface area contributed by atoms with Crippen LogP contribution in [0.5, 0.6) is 0 Å². The zero-order valence-electron chi connectivity index (χ0n) is 21.6. The summed E-state index contributed by atoms with van der Waals surface area (Å²) >= 11 is 0. The molecule has 3 aromatic heterocycles. The molecule has 12 nitrogen and oxygen atoms in total. The summed E-state index contributed by atoms with van der Waals surface area (Å²) in [6, 6.07) is 8.93. The van der Waals surface area contributed by atoms with Crippen LogP contribution in [0.2, 0.25) is 0 Å². The van der Waals surface area contributed by atoms with E-state index in [2.05, 4.69) is 35.9 Å². The zero-order chi connectivity index (χ0) is 29.0. The van der Waals surface area contributed by atoms with Gasteiger partial charge in [-0.3, -0.25) is 15.0 Å². The Morgan fingerprint density at radius 3 is 2.54 bits per heavy atom. The van der Waals surface area contributed by atoms with Gasteiger partial charge < -0.3 is 21.1 Å². The zero-order valence-corrected chi connectivity index (χ0v) is 21.6. The van der Waals surface area contributed by atoms with Gasteiger partial charge in [0, 0.05) is 43.6 Å². The van der Waals surface area contributed by atoms with Crippen LogP contribution in [0.3, 0.4) is 0 Å². The summed E-state index contributed by atoms with van der Waals surface area (Å²) in [4.78, 5) is 35.3. The smallest absolute Gasteiger partial charge is 0.382 e. The largest absolute Gasteiger partial charge is 0.433 e. The molecular weight excluding hydrogens is 543 g/mol. The minimum absolute atomic E-state index is 0.178. The van der Waals surface area contributed by atoms with Gasteiger partial charge in [0.05, 0.1) is 18.8 Å². The van der Waals surface area contributed by atoms with E-state index in [0.29, 0.717) is 54.2 Å². The summed E-state index contributed by atoms with van der Waals surface area (Å²) in [5.41, 5.74) is 7.28. The first-order valence-electron chi connectivity index (χ1n) is 12.6. The van der Waals surface area contributed by atoms with E-state index < -0.39 is 17.9 Å². The van der Waals surface area contributed by atoms with Gasteiger partial charge in [0.1, 0.15) is 23.4 Å². The molecule has 4 aromatic rings. The Morgan fingerprint density at radius 1 is 1.05 bits per heavy atom. The van der Waals surface area contributed by atoms with Gasteiger partial charge in [0.2, 0.25) is 0 Å². The molecule has 4 heterocycles. The standard InChI is InChI=1S/C26H26F3N9O3/c27-26(28,29)19-2-1-3-20(35-19)36-25(40)34-17-6-4-16(5-7-17)21-18(14-38-22(21)23(30)32-15-33-38)24(39)31-8-9-37-10-12-41-13-11-37/h1-7,14-15H,8-13H2,(H,31,39)(H2,30,32,33)(H2,34,35,36,40). The molecule has 15 heteroatoms. The van der Waals surface area contributed by atoms with Crippen LogP contribution in [-0.2, 0) is 10.9 Å². The molecule has 1 aliphatic heterocycles. The maximum atomic E-state index is 13.2. The van der Waals surface area contributed by atoms with Gasteiger partial charge in [0.25, 0.3) is 5.91 Å². The van der Waals surface area contributed by atoms with E-state index in [4.69, 9.17) is 10.5 Å². The number of fused-ring (bicyclic) bond motifs is 1. The summed E-state index contributed by atoms with van der Waals surface area (Å²) in [7, 11) is 0. The minimum atomic E-state index is -4.64. The molecule has 0 aliphatic carbocycles. The number of alkyl halides is 3. The highest BCUT2D eigenvalue weighted by atomic mass is 19.4. The Kier molecular flexibility index (Phi) is 7.98. The summed E-state index contributed by atoms with van der Waals surface area (Å²) in [5.74, 6) is -0.389. The van der Waals surface area contributed by atoms with Crippen LogP contribution < -0.4 is 21.7 Å². The number of anilines is 3. The quantitative estimate of drug-likeness (QED) is 0.265. The van der Waals surface area contributed by atoms with Gasteiger partial charge >= 0.3 is 12.2 Å². The Morgan fingerprint density at radius 2 is 1.80 bits per heavy atom. The van der Waals surface area contributed by atoms with Crippen molar-refractivity contribution in [3.05, 3.63) is 66.2 Å². The second-order valence-electron chi connectivity index (χ2n) is 9.13. The SMILES string of the molecule is Nc1ncnn2cc(C(=O)NCCN3CCOCC3)c(-c3ccc(NC(=O)Nc4cccc(C(F)(F)F)n4)cc3)c12. The molecule has 5 N–H and O–H groups in total. The molecule has 0 atom stereocenters. The van der Waals surface area contributed by atoms with Gasteiger partial charge in [-0.15, -0.1) is 0 Å². The third-order valence-electron chi connectivity index (χ3n) is 6.38. The van der Waals surface area contributed by atoms with Crippen molar-refractivity contribution in [1.82, 2.24) is 29.8 Å². The van der Waals surface area contributed by atoms with Crippen molar-refractivity contribution in [3.63, 3.8) is 0 Å². The summed E-state index contributed by atoms with van der Waals surface area (Å²) in [6.45, 7) is 4.05. The van der Waals surface area contributed by atoms with Gasteiger partial charge in [-0.25, -0.2) is 19.3 Å². The van der Waals surface area contributed by atoms with Crippen LogP contribution in [0.25, 0.3) is 16.6 Å². The molecule has 0 bridgehead atoms. The number of hydrogen-bond acceptors (Lipinski definition) is 8. The number of benzene rings is 1. The number of aromatic nitrogens is 4. The number of carbonyl (C=O) groups is 2. The Labute approximate surface area is 231 Å². The van der Waals surface area contributed by atoms with E-state index in [1.165, 1.54) is 16.9 Å². The number of halogens is 3. The number of hydrogen-bond donors (Lipinski definition) is 4. The second-order valence-corrected chi connectivity index (χ2v) is 9.13. The fourth-order valence-corrected chi connectivity index (χ4v) is 4.41. The maximum Gasteiger partial charge on any atom is 0.433 e. The molecule has 0 unspecified atom stereocenters. The number of urea groups is 1. The number of amides is 3. The van der Waals surface area contributed by atoms with Crippen molar-refractivity contribution in [3.8, 4) is 11.1 Å². The molecule has 1 fully saturated rings. The number of morpholine rings is 1. The molecule has 214 valence electrons. The first-order valence-corrected chi connectivity index (χ1v) is 12.6. The third kappa shape index (κ3) is 6.53. The summed E-state index contributed by atoms with van der Waals surface area (Å²) in [5, 5.41) is 12.0. The number of carbonyl (C=O) groups excluding carboxylic acids is 2. The molecule has 41 heavy (non-hydrogen) atoms. The average Bonchev–Trinajstić information content (AvgIpc) is 3.35. The lowest BCUT2D eigenvalue weighted by molar-refractivity contribution is -0.141. The van der Waals surface area contributed by atoms with Crippen LogP contribution in [0.15, 0.2) is 55.0 Å². The number of nitrogen functional groups attached to an aromatic ring is 1. The van der Waals surface area contributed by atoms with Crippen LogP contribution >= 0.6 is 0 Å². The van der Waals surface area contributed by atoms with Crippen molar-refractivity contribution >= 4 is 34.8 Å². The van der Waals surface area contributed by atoms with Crippen molar-refractivity contribution in [1.29, 1.82) is 0 Å². The molecule has 0 saturated carbocycles. The number of nitrogens with one attached hydrogen (secondary N) is 3. The number of pyridine rings is 1. The fraction of sp³-hybridized carbons (Fsp3) is 0.269. The van der Waals surface area contributed by atoms with Crippen molar-refractivity contribution < 1.29 is 27.5 Å². The Bertz CT molecular complexity index is 1550. The lowest BCUT2D eigenvalue weighted by Crippen LogP contribution is -2.41. The lowest BCUT2D eigenvalue weighted by Gasteiger charge is -2.26. The molecule has 1 aromatic carbocycles. The molecule has 1 aliphatic rings. The molecule has 1 saturated heterocycles. The first kappa shape index (κ1) is 27.8. The van der Waals surface area contributed by atoms with Crippen LogP contribution in [-0.4, -0.2) is 75.8 Å². The Balaban J connectivity index is 1.32. The first-order chi connectivity index (χ1) is 19.7. The van der Waals surface area contributed by atoms with E-state index in [0.717, 1.165) is 25.2 Å². The van der Waals surface area contributed by atoms with Crippen molar-refractivity contribution in [2.24, 2.45) is 0 Å². The van der Waals surface area contributed by atoms with E-state index in [1.54, 1.807) is 30.5 Å². The van der Waals surface area contributed by atoms with Crippen LogP contribution in [0, 0.1) is 0 Å².